The molecule has 1 aliphatic heterocycles. The van der Waals surface area contributed by atoms with Crippen LogP contribution in [0.4, 0.5) is 0 Å². The molecule has 1 amide bonds. The van der Waals surface area contributed by atoms with Crippen LogP contribution in [0.3, 0.4) is 0 Å². The zero-order chi connectivity index (χ0) is 23.9. The summed E-state index contributed by atoms with van der Waals surface area (Å²) in [6.07, 6.45) is 2.88. The van der Waals surface area contributed by atoms with Gasteiger partial charge in [0.2, 0.25) is 0 Å². The Hall–Kier alpha value is -2.37. The highest BCUT2D eigenvalue weighted by atomic mass is 35.5. The van der Waals surface area contributed by atoms with Gasteiger partial charge in [-0.1, -0.05) is 62.5 Å². The molecule has 5 nitrogen and oxygen atoms in total. The van der Waals surface area contributed by atoms with Gasteiger partial charge in [-0.15, -0.1) is 0 Å². The van der Waals surface area contributed by atoms with Gasteiger partial charge in [0.25, 0.3) is 5.91 Å². The Kier molecular flexibility index (Phi) is 6.56. The van der Waals surface area contributed by atoms with Crippen LogP contribution in [0.25, 0.3) is 0 Å². The number of nitrogens with zero attached hydrogens (tertiary/aromatic N) is 2. The molecule has 3 atom stereocenters. The number of aliphatic imine (C=N–C) groups is 1. The van der Waals surface area contributed by atoms with E-state index < -0.39 is 11.6 Å². The average molecular weight is 487 g/mol. The molecule has 3 unspecified atom stereocenters. The molecule has 7 heteroatoms. The number of aromatic carboxylic acids is 1. The zero-order valence-electron chi connectivity index (χ0n) is 19.0. The lowest BCUT2D eigenvalue weighted by molar-refractivity contribution is -0.134. The van der Waals surface area contributed by atoms with Crippen molar-refractivity contribution in [3.05, 3.63) is 69.2 Å². The van der Waals surface area contributed by atoms with E-state index in [9.17, 15) is 14.7 Å². The van der Waals surface area contributed by atoms with Crippen molar-refractivity contribution in [3.8, 4) is 0 Å². The monoisotopic (exact) mass is 486 g/mol. The number of amides is 1. The van der Waals surface area contributed by atoms with Gasteiger partial charge in [-0.2, -0.15) is 0 Å². The Bertz CT molecular complexity index is 1090. The van der Waals surface area contributed by atoms with Crippen LogP contribution in [0, 0.1) is 17.8 Å². The normalized spacial score (nSPS) is 25.1. The average Bonchev–Trinajstić information content (AvgIpc) is 2.99. The predicted octanol–water partition coefficient (Wildman–Crippen LogP) is 6.31. The highest BCUT2D eigenvalue weighted by Crippen LogP contribution is 2.49. The number of rotatable bonds is 5. The highest BCUT2D eigenvalue weighted by Gasteiger charge is 2.54. The number of benzene rings is 2. The standard InChI is InChI=1S/C26H28Cl2N2O3/c1-15(2)22-9-4-16(3)13-26(22)29-23(19-10-20(27)12-21(28)11-19)24(31)30(26)14-17-5-7-18(8-6-17)25(32)33/h5-8,10-12,15-16,22H,4,9,13-14H2,1-3H3,(H,32,33). The number of hydrogen-bond acceptors (Lipinski definition) is 3. The number of hydrogen-bond donors (Lipinski definition) is 1. The van der Waals surface area contributed by atoms with E-state index >= 15 is 0 Å². The van der Waals surface area contributed by atoms with E-state index in [-0.39, 0.29) is 17.4 Å². The second kappa shape index (κ2) is 9.11. The van der Waals surface area contributed by atoms with Crippen molar-refractivity contribution in [1.29, 1.82) is 0 Å². The van der Waals surface area contributed by atoms with Gasteiger partial charge in [0.05, 0.1) is 5.56 Å². The SMILES string of the molecule is CC1CCC(C(C)C)C2(C1)N=C(c1cc(Cl)cc(Cl)c1)C(=O)N2Cc1ccc(C(=O)O)cc1. The second-order valence-corrected chi connectivity index (χ2v) is 10.5. The molecule has 0 saturated heterocycles. The van der Waals surface area contributed by atoms with Crippen molar-refractivity contribution in [2.45, 2.75) is 52.2 Å². The smallest absolute Gasteiger partial charge is 0.335 e. The second-order valence-electron chi connectivity index (χ2n) is 9.63. The van der Waals surface area contributed by atoms with E-state index in [2.05, 4.69) is 20.8 Å². The van der Waals surface area contributed by atoms with E-state index in [1.54, 1.807) is 42.5 Å². The molecule has 1 heterocycles. The van der Waals surface area contributed by atoms with Crippen molar-refractivity contribution >= 4 is 40.8 Å². The van der Waals surface area contributed by atoms with Crippen LogP contribution in [0.2, 0.25) is 10.0 Å². The van der Waals surface area contributed by atoms with Crippen molar-refractivity contribution in [2.24, 2.45) is 22.7 Å². The summed E-state index contributed by atoms with van der Waals surface area (Å²) in [7, 11) is 0. The van der Waals surface area contributed by atoms with E-state index in [0.717, 1.165) is 24.8 Å². The summed E-state index contributed by atoms with van der Waals surface area (Å²) in [5.74, 6) is -0.137. The third-order valence-electron chi connectivity index (χ3n) is 6.92. The molecule has 1 spiro atoms. The van der Waals surface area contributed by atoms with Gasteiger partial charge in [0.15, 0.2) is 0 Å². The molecule has 1 fully saturated rings. The third-order valence-corrected chi connectivity index (χ3v) is 7.35. The Morgan fingerprint density at radius 3 is 2.36 bits per heavy atom. The summed E-state index contributed by atoms with van der Waals surface area (Å²) in [5.41, 5.74) is 1.45. The minimum Gasteiger partial charge on any atom is -0.478 e. The lowest BCUT2D eigenvalue weighted by Gasteiger charge is -2.49. The quantitative estimate of drug-likeness (QED) is 0.537. The topological polar surface area (TPSA) is 70.0 Å². The Morgan fingerprint density at radius 2 is 1.79 bits per heavy atom. The van der Waals surface area contributed by atoms with Crippen LogP contribution in [-0.4, -0.2) is 33.3 Å². The van der Waals surface area contributed by atoms with Gasteiger partial charge in [0, 0.05) is 28.1 Å². The van der Waals surface area contributed by atoms with Gasteiger partial charge < -0.3 is 10.0 Å². The Labute approximate surface area is 204 Å². The van der Waals surface area contributed by atoms with E-state index in [1.807, 2.05) is 4.90 Å². The maximum atomic E-state index is 13.9. The zero-order valence-corrected chi connectivity index (χ0v) is 20.5. The highest BCUT2D eigenvalue weighted by molar-refractivity contribution is 6.47. The summed E-state index contributed by atoms with van der Waals surface area (Å²) in [6, 6.07) is 11.8. The van der Waals surface area contributed by atoms with Crippen LogP contribution in [0.15, 0.2) is 47.5 Å². The summed E-state index contributed by atoms with van der Waals surface area (Å²) in [6.45, 7) is 6.95. The molecule has 174 valence electrons. The van der Waals surface area contributed by atoms with E-state index in [1.165, 1.54) is 0 Å². The summed E-state index contributed by atoms with van der Waals surface area (Å²) in [5, 5.41) is 10.1. The maximum absolute atomic E-state index is 13.9. The third kappa shape index (κ3) is 4.53. The lowest BCUT2D eigenvalue weighted by atomic mass is 9.69. The number of carboxylic acids is 1. The Morgan fingerprint density at radius 1 is 1.15 bits per heavy atom. The molecular formula is C26H28Cl2N2O3. The first-order valence-electron chi connectivity index (χ1n) is 11.3. The molecule has 0 bridgehead atoms. The first-order chi connectivity index (χ1) is 15.6. The molecule has 2 aromatic carbocycles. The van der Waals surface area contributed by atoms with Crippen molar-refractivity contribution in [3.63, 3.8) is 0 Å². The van der Waals surface area contributed by atoms with Gasteiger partial charge in [-0.3, -0.25) is 9.79 Å². The number of halogens is 2. The molecule has 33 heavy (non-hydrogen) atoms. The number of carbonyl (C=O) groups excluding carboxylic acids is 1. The summed E-state index contributed by atoms with van der Waals surface area (Å²) < 4.78 is 0. The van der Waals surface area contributed by atoms with Crippen molar-refractivity contribution in [1.82, 2.24) is 4.90 Å². The van der Waals surface area contributed by atoms with E-state index in [0.29, 0.717) is 39.7 Å². The Balaban J connectivity index is 1.81. The minimum atomic E-state index is -0.972. The van der Waals surface area contributed by atoms with Gasteiger partial charge >= 0.3 is 5.97 Å². The predicted molar refractivity (Wildman–Crippen MR) is 131 cm³/mol. The molecule has 0 aromatic heterocycles. The summed E-state index contributed by atoms with van der Waals surface area (Å²) in [4.78, 5) is 32.2. The van der Waals surface area contributed by atoms with Crippen LogP contribution in [0.1, 0.15) is 61.5 Å². The molecule has 2 aromatic rings. The maximum Gasteiger partial charge on any atom is 0.335 e. The van der Waals surface area contributed by atoms with Gasteiger partial charge in [-0.05, 0) is 60.6 Å². The lowest BCUT2D eigenvalue weighted by Crippen LogP contribution is -2.55. The van der Waals surface area contributed by atoms with Crippen LogP contribution in [0.5, 0.6) is 0 Å². The van der Waals surface area contributed by atoms with Gasteiger partial charge in [0.1, 0.15) is 11.4 Å². The van der Waals surface area contributed by atoms with Crippen molar-refractivity contribution in [2.75, 3.05) is 0 Å². The molecule has 2 aliphatic rings. The molecule has 1 aliphatic carbocycles. The number of carbonyl (C=O) groups is 2. The van der Waals surface area contributed by atoms with Gasteiger partial charge in [-0.25, -0.2) is 4.79 Å². The molecular weight excluding hydrogens is 459 g/mol. The largest absolute Gasteiger partial charge is 0.478 e. The fraction of sp³-hybridized carbons (Fsp3) is 0.423. The fourth-order valence-electron chi connectivity index (χ4n) is 5.40. The van der Waals surface area contributed by atoms with E-state index in [4.69, 9.17) is 28.2 Å². The molecule has 1 N–H and O–H groups in total. The van der Waals surface area contributed by atoms with Crippen LogP contribution in [-0.2, 0) is 11.3 Å². The molecule has 4 rings (SSSR count). The van der Waals surface area contributed by atoms with Crippen molar-refractivity contribution < 1.29 is 14.7 Å². The first-order valence-corrected chi connectivity index (χ1v) is 12.1. The first kappa shape index (κ1) is 23.8. The molecule has 0 radical (unpaired) electrons. The summed E-state index contributed by atoms with van der Waals surface area (Å²) >= 11 is 12.5. The molecule has 1 saturated carbocycles. The minimum absolute atomic E-state index is 0.143. The van der Waals surface area contributed by atoms with Crippen LogP contribution >= 0.6 is 23.2 Å². The fourth-order valence-corrected chi connectivity index (χ4v) is 5.92. The van der Waals surface area contributed by atoms with Crippen LogP contribution < -0.4 is 0 Å². The number of carboxylic acid groups (broad SMARTS) is 1.